The van der Waals surface area contributed by atoms with Crippen molar-refractivity contribution in [2.45, 2.75) is 38.3 Å². The van der Waals surface area contributed by atoms with Crippen LogP contribution in [0.25, 0.3) is 0 Å². The Labute approximate surface area is 205 Å². The van der Waals surface area contributed by atoms with Crippen molar-refractivity contribution < 1.29 is 9.59 Å². The zero-order chi connectivity index (χ0) is 23.8. The predicted molar refractivity (Wildman–Crippen MR) is 135 cm³/mol. The minimum Gasteiger partial charge on any atom is -0.357 e. The molecule has 0 spiro atoms. The van der Waals surface area contributed by atoms with E-state index in [1.54, 1.807) is 24.1 Å². The lowest BCUT2D eigenvalue weighted by molar-refractivity contribution is -0.141. The van der Waals surface area contributed by atoms with Gasteiger partial charge in [0.15, 0.2) is 0 Å². The average Bonchev–Trinajstić information content (AvgIpc) is 2.85. The Bertz CT molecular complexity index is 1030. The minimum atomic E-state index is -0.593. The van der Waals surface area contributed by atoms with Crippen LogP contribution in [0.4, 0.5) is 0 Å². The molecule has 0 aliphatic rings. The van der Waals surface area contributed by atoms with E-state index in [2.05, 4.69) is 5.32 Å². The van der Waals surface area contributed by atoms with Crippen molar-refractivity contribution in [3.63, 3.8) is 0 Å². The van der Waals surface area contributed by atoms with Gasteiger partial charge in [-0.05, 0) is 35.2 Å². The molecule has 0 aromatic heterocycles. The van der Waals surface area contributed by atoms with Gasteiger partial charge in [0.25, 0.3) is 0 Å². The summed E-state index contributed by atoms with van der Waals surface area (Å²) in [6, 6.07) is 24.6. The molecule has 172 valence electrons. The number of carbonyl (C=O) groups is 2. The van der Waals surface area contributed by atoms with Gasteiger partial charge in [0.05, 0.1) is 10.0 Å². The van der Waals surface area contributed by atoms with Gasteiger partial charge in [0.1, 0.15) is 6.04 Å². The molecule has 0 heterocycles. The van der Waals surface area contributed by atoms with Gasteiger partial charge in [0.2, 0.25) is 11.8 Å². The molecule has 2 amide bonds. The van der Waals surface area contributed by atoms with Crippen LogP contribution < -0.4 is 5.32 Å². The maximum absolute atomic E-state index is 13.8. The summed E-state index contributed by atoms with van der Waals surface area (Å²) in [5, 5.41) is 3.56. The van der Waals surface area contributed by atoms with E-state index < -0.39 is 6.04 Å². The molecule has 0 aliphatic heterocycles. The van der Waals surface area contributed by atoms with Crippen LogP contribution in [0.3, 0.4) is 0 Å². The van der Waals surface area contributed by atoms with E-state index in [0.29, 0.717) is 16.5 Å². The number of nitrogens with one attached hydrogen (secondary N) is 1. The van der Waals surface area contributed by atoms with Crippen molar-refractivity contribution in [1.82, 2.24) is 10.2 Å². The van der Waals surface area contributed by atoms with Gasteiger partial charge in [-0.25, -0.2) is 0 Å². The highest BCUT2D eigenvalue weighted by Crippen LogP contribution is 2.30. The first-order valence-electron chi connectivity index (χ1n) is 11.0. The van der Waals surface area contributed by atoms with E-state index in [4.69, 9.17) is 23.2 Å². The number of rotatable bonds is 9. The first kappa shape index (κ1) is 24.8. The summed E-state index contributed by atoms with van der Waals surface area (Å²) in [5.74, 6) is -0.422. The van der Waals surface area contributed by atoms with Crippen LogP contribution in [-0.2, 0) is 16.1 Å². The van der Waals surface area contributed by atoms with Gasteiger partial charge in [-0.15, -0.1) is 0 Å². The Morgan fingerprint density at radius 1 is 0.879 bits per heavy atom. The highest BCUT2D eigenvalue weighted by molar-refractivity contribution is 6.42. The highest BCUT2D eigenvalue weighted by atomic mass is 35.5. The second-order valence-electron chi connectivity index (χ2n) is 7.89. The third-order valence-corrected chi connectivity index (χ3v) is 6.49. The summed E-state index contributed by atoms with van der Waals surface area (Å²) in [7, 11) is 1.59. The molecule has 3 aromatic carbocycles. The first-order chi connectivity index (χ1) is 15.9. The summed E-state index contributed by atoms with van der Waals surface area (Å²) in [6.45, 7) is 2.17. The van der Waals surface area contributed by atoms with E-state index >= 15 is 0 Å². The van der Waals surface area contributed by atoms with E-state index in [9.17, 15) is 9.59 Å². The molecule has 0 aliphatic carbocycles. The Hall–Kier alpha value is -2.82. The summed E-state index contributed by atoms with van der Waals surface area (Å²) in [6.07, 6.45) is 0.733. The average molecular weight is 483 g/mol. The number of likely N-dealkylation sites (N-methyl/N-ethyl adjacent to an activating group) is 1. The molecule has 1 atom stereocenters. The molecule has 0 radical (unpaired) electrons. The number of amides is 2. The van der Waals surface area contributed by atoms with Crippen molar-refractivity contribution in [3.05, 3.63) is 106 Å². The van der Waals surface area contributed by atoms with Gasteiger partial charge in [-0.2, -0.15) is 0 Å². The number of halogens is 2. The summed E-state index contributed by atoms with van der Waals surface area (Å²) >= 11 is 12.3. The number of hydrogen-bond donors (Lipinski definition) is 1. The SMILES string of the molecule is CC[C@H](C(=O)NC)N(Cc1ccc(Cl)c(Cl)c1)C(=O)CC(c1ccccc1)c1ccccc1. The van der Waals surface area contributed by atoms with Gasteiger partial charge in [0, 0.05) is 25.9 Å². The molecule has 0 saturated carbocycles. The Kier molecular flexibility index (Phi) is 8.93. The fraction of sp³-hybridized carbons (Fsp3) is 0.259. The van der Waals surface area contributed by atoms with E-state index in [-0.39, 0.29) is 30.7 Å². The molecule has 0 bridgehead atoms. The lowest BCUT2D eigenvalue weighted by Gasteiger charge is -2.32. The molecule has 0 saturated heterocycles. The Morgan fingerprint density at radius 3 is 1.94 bits per heavy atom. The van der Waals surface area contributed by atoms with Crippen LogP contribution in [0.1, 0.15) is 42.4 Å². The molecule has 3 rings (SSSR count). The maximum Gasteiger partial charge on any atom is 0.242 e. The maximum atomic E-state index is 13.8. The molecule has 4 nitrogen and oxygen atoms in total. The van der Waals surface area contributed by atoms with E-state index in [0.717, 1.165) is 16.7 Å². The van der Waals surface area contributed by atoms with Gasteiger partial charge < -0.3 is 10.2 Å². The van der Waals surface area contributed by atoms with Crippen molar-refractivity contribution >= 4 is 35.0 Å². The molecular formula is C27H28Cl2N2O2. The summed E-state index contributed by atoms with van der Waals surface area (Å²) < 4.78 is 0. The third-order valence-electron chi connectivity index (χ3n) is 5.75. The zero-order valence-electron chi connectivity index (χ0n) is 18.8. The van der Waals surface area contributed by atoms with Crippen LogP contribution in [0.2, 0.25) is 10.0 Å². The van der Waals surface area contributed by atoms with Crippen LogP contribution in [0.15, 0.2) is 78.9 Å². The molecule has 0 fully saturated rings. The van der Waals surface area contributed by atoms with Crippen molar-refractivity contribution in [2.75, 3.05) is 7.05 Å². The zero-order valence-corrected chi connectivity index (χ0v) is 20.3. The number of hydrogen-bond acceptors (Lipinski definition) is 2. The van der Waals surface area contributed by atoms with Crippen LogP contribution >= 0.6 is 23.2 Å². The molecule has 6 heteroatoms. The smallest absolute Gasteiger partial charge is 0.242 e. The van der Waals surface area contributed by atoms with Crippen molar-refractivity contribution in [3.8, 4) is 0 Å². The van der Waals surface area contributed by atoms with E-state index in [1.165, 1.54) is 0 Å². The molecule has 0 unspecified atom stereocenters. The van der Waals surface area contributed by atoms with Gasteiger partial charge in [-0.3, -0.25) is 9.59 Å². The lowest BCUT2D eigenvalue weighted by atomic mass is 9.88. The number of carbonyl (C=O) groups excluding carboxylic acids is 2. The lowest BCUT2D eigenvalue weighted by Crippen LogP contribution is -2.48. The fourth-order valence-corrected chi connectivity index (χ4v) is 4.33. The largest absolute Gasteiger partial charge is 0.357 e. The standard InChI is InChI=1S/C27H28Cl2N2O2/c1-3-25(27(33)30-2)31(18-19-14-15-23(28)24(29)16-19)26(32)17-22(20-10-6-4-7-11-20)21-12-8-5-9-13-21/h4-16,22,25H,3,17-18H2,1-2H3,(H,30,33)/t25-/m1/s1. The second kappa shape index (κ2) is 11.9. The van der Waals surface area contributed by atoms with E-state index in [1.807, 2.05) is 73.7 Å². The van der Waals surface area contributed by atoms with Crippen molar-refractivity contribution in [1.29, 1.82) is 0 Å². The molecule has 3 aromatic rings. The van der Waals surface area contributed by atoms with Gasteiger partial charge >= 0.3 is 0 Å². The normalized spacial score (nSPS) is 11.8. The highest BCUT2D eigenvalue weighted by Gasteiger charge is 2.30. The summed E-state index contributed by atoms with van der Waals surface area (Å²) in [5.41, 5.74) is 2.93. The molecular weight excluding hydrogens is 455 g/mol. The topological polar surface area (TPSA) is 49.4 Å². The quantitative estimate of drug-likeness (QED) is 0.402. The second-order valence-corrected chi connectivity index (χ2v) is 8.70. The Balaban J connectivity index is 1.96. The summed E-state index contributed by atoms with van der Waals surface area (Å²) in [4.78, 5) is 28.1. The molecule has 1 N–H and O–H groups in total. The van der Waals surface area contributed by atoms with Crippen LogP contribution in [0, 0.1) is 0 Å². The Morgan fingerprint density at radius 2 is 1.45 bits per heavy atom. The monoisotopic (exact) mass is 482 g/mol. The third kappa shape index (κ3) is 6.37. The first-order valence-corrected chi connectivity index (χ1v) is 11.7. The predicted octanol–water partition coefficient (Wildman–Crippen LogP) is 6.07. The minimum absolute atomic E-state index is 0.103. The number of benzene rings is 3. The molecule has 33 heavy (non-hydrogen) atoms. The fourth-order valence-electron chi connectivity index (χ4n) is 4.01. The van der Waals surface area contributed by atoms with Crippen molar-refractivity contribution in [2.24, 2.45) is 0 Å². The van der Waals surface area contributed by atoms with Crippen LogP contribution in [0.5, 0.6) is 0 Å². The van der Waals surface area contributed by atoms with Gasteiger partial charge in [-0.1, -0.05) is 96.9 Å². The van der Waals surface area contributed by atoms with Crippen LogP contribution in [-0.4, -0.2) is 29.8 Å². The number of nitrogens with zero attached hydrogens (tertiary/aromatic N) is 1.